The second-order valence-corrected chi connectivity index (χ2v) is 3.59. The molecule has 0 atom stereocenters. The van der Waals surface area contributed by atoms with Crippen molar-refractivity contribution in [2.75, 3.05) is 32.7 Å². The van der Waals surface area contributed by atoms with Crippen LogP contribution in [-0.4, -0.2) is 48.1 Å². The smallest absolute Gasteiger partial charge is 0.297 e. The second-order valence-electron chi connectivity index (χ2n) is 3.59. The summed E-state index contributed by atoms with van der Waals surface area (Å²) in [4.78, 5) is 2.15. The van der Waals surface area contributed by atoms with E-state index in [0.717, 1.165) is 43.2 Å². The molecule has 92 valence electrons. The Morgan fingerprint density at radius 3 is 1.47 bits per heavy atom. The van der Waals surface area contributed by atoms with Crippen molar-refractivity contribution in [2.24, 2.45) is 0 Å². The molecule has 0 saturated carbocycles. The molecule has 1 N–H and O–H groups in total. The fourth-order valence-corrected chi connectivity index (χ4v) is 1.94. The van der Waals surface area contributed by atoms with Gasteiger partial charge in [-0.1, -0.05) is 0 Å². The largest absolute Gasteiger partial charge is 1.00 e. The Morgan fingerprint density at radius 1 is 0.933 bits per heavy atom. The van der Waals surface area contributed by atoms with Crippen molar-refractivity contribution in [2.45, 2.75) is 34.6 Å². The average Bonchev–Trinajstić information content (AvgIpc) is 2.23. The molecule has 0 aliphatic rings. The summed E-state index contributed by atoms with van der Waals surface area (Å²) in [6.45, 7) is 15.7. The number of hydrogen-bond acceptors (Lipinski definition) is 1. The first-order valence-electron chi connectivity index (χ1n) is 5.81. The van der Waals surface area contributed by atoms with Gasteiger partial charge in [0, 0.05) is 13.1 Å². The minimum atomic E-state index is 0. The highest BCUT2D eigenvalue weighted by Crippen LogP contribution is 2.10. The fourth-order valence-electron chi connectivity index (χ4n) is 1.94. The van der Waals surface area contributed by atoms with E-state index in [1.807, 2.05) is 0 Å². The standard InChI is InChI=1S/C11H26N3.ClH/c1-6-13(7-2)11(12)14(8-3,9-4)10-5;/h12H,6-10H2,1-5H3;1H/q+1;/p-1. The predicted octanol–water partition coefficient (Wildman–Crippen LogP) is -0.857. The maximum absolute atomic E-state index is 8.25. The van der Waals surface area contributed by atoms with E-state index in [1.54, 1.807) is 0 Å². The molecule has 0 fully saturated rings. The molecule has 15 heavy (non-hydrogen) atoms. The third-order valence-corrected chi connectivity index (χ3v) is 3.33. The summed E-state index contributed by atoms with van der Waals surface area (Å²) in [5, 5.41) is 8.25. The monoisotopic (exact) mass is 235 g/mol. The lowest BCUT2D eigenvalue weighted by atomic mass is 10.3. The molecule has 0 aromatic rings. The van der Waals surface area contributed by atoms with Gasteiger partial charge in [0.05, 0.1) is 19.6 Å². The van der Waals surface area contributed by atoms with Gasteiger partial charge in [-0.15, -0.1) is 0 Å². The molecule has 0 rings (SSSR count). The van der Waals surface area contributed by atoms with Crippen LogP contribution in [0, 0.1) is 5.41 Å². The quantitative estimate of drug-likeness (QED) is 0.375. The van der Waals surface area contributed by atoms with Crippen molar-refractivity contribution in [3.63, 3.8) is 0 Å². The summed E-state index contributed by atoms with van der Waals surface area (Å²) < 4.78 is 0.807. The molecule has 3 nitrogen and oxygen atoms in total. The number of nitrogens with one attached hydrogen (secondary N) is 1. The number of guanidine groups is 1. The van der Waals surface area contributed by atoms with E-state index in [0.29, 0.717) is 0 Å². The van der Waals surface area contributed by atoms with Crippen LogP contribution in [0.25, 0.3) is 0 Å². The van der Waals surface area contributed by atoms with Crippen LogP contribution in [0.1, 0.15) is 34.6 Å². The third-order valence-electron chi connectivity index (χ3n) is 3.33. The molecule has 0 bridgehead atoms. The number of halogens is 1. The second kappa shape index (κ2) is 7.94. The van der Waals surface area contributed by atoms with Crippen molar-refractivity contribution in [1.29, 1.82) is 5.41 Å². The molecule has 0 heterocycles. The van der Waals surface area contributed by atoms with Gasteiger partial charge >= 0.3 is 0 Å². The van der Waals surface area contributed by atoms with E-state index in [9.17, 15) is 0 Å². The van der Waals surface area contributed by atoms with Gasteiger partial charge in [-0.3, -0.25) is 4.48 Å². The van der Waals surface area contributed by atoms with Crippen LogP contribution < -0.4 is 12.4 Å². The maximum Gasteiger partial charge on any atom is 0.297 e. The van der Waals surface area contributed by atoms with Gasteiger partial charge in [0.15, 0.2) is 0 Å². The Labute approximate surface area is 101 Å². The van der Waals surface area contributed by atoms with Crippen LogP contribution in [0.3, 0.4) is 0 Å². The summed E-state index contributed by atoms with van der Waals surface area (Å²) in [6, 6.07) is 0. The molecule has 4 heteroatoms. The number of rotatable bonds is 5. The number of nitrogens with zero attached hydrogens (tertiary/aromatic N) is 2. The van der Waals surface area contributed by atoms with Gasteiger partial charge in [0.25, 0.3) is 5.96 Å². The lowest BCUT2D eigenvalue weighted by Gasteiger charge is -2.39. The Kier molecular flexibility index (Phi) is 9.07. The lowest BCUT2D eigenvalue weighted by molar-refractivity contribution is -0.842. The van der Waals surface area contributed by atoms with Crippen molar-refractivity contribution in [1.82, 2.24) is 4.90 Å². The van der Waals surface area contributed by atoms with Crippen LogP contribution >= 0.6 is 0 Å². The number of quaternary nitrogens is 1. The van der Waals surface area contributed by atoms with Crippen LogP contribution in [0.5, 0.6) is 0 Å². The first-order valence-corrected chi connectivity index (χ1v) is 5.81. The van der Waals surface area contributed by atoms with E-state index in [-0.39, 0.29) is 12.4 Å². The van der Waals surface area contributed by atoms with Crippen molar-refractivity contribution >= 4 is 5.96 Å². The first kappa shape index (κ1) is 17.1. The molecule has 0 aromatic carbocycles. The first-order chi connectivity index (χ1) is 6.61. The third kappa shape index (κ3) is 3.65. The Hall–Kier alpha value is -0.280. The van der Waals surface area contributed by atoms with Crippen LogP contribution in [0.2, 0.25) is 0 Å². The number of hydrogen-bond donors (Lipinski definition) is 1. The summed E-state index contributed by atoms with van der Waals surface area (Å²) in [5.41, 5.74) is 0. The average molecular weight is 236 g/mol. The molecule has 0 spiro atoms. The van der Waals surface area contributed by atoms with Crippen LogP contribution in [0.15, 0.2) is 0 Å². The van der Waals surface area contributed by atoms with Crippen LogP contribution in [0.4, 0.5) is 0 Å². The highest BCUT2D eigenvalue weighted by molar-refractivity contribution is 5.69. The van der Waals surface area contributed by atoms with E-state index < -0.39 is 0 Å². The predicted molar refractivity (Wildman–Crippen MR) is 62.5 cm³/mol. The zero-order valence-corrected chi connectivity index (χ0v) is 11.6. The normalized spacial score (nSPS) is 10.7. The SMILES string of the molecule is CCN(CC)C(=N)[N+](CC)(CC)CC.[Cl-]. The van der Waals surface area contributed by atoms with E-state index in [1.165, 1.54) is 0 Å². The van der Waals surface area contributed by atoms with E-state index in [4.69, 9.17) is 5.41 Å². The summed E-state index contributed by atoms with van der Waals surface area (Å²) >= 11 is 0. The zero-order chi connectivity index (χ0) is 11.2. The summed E-state index contributed by atoms with van der Waals surface area (Å²) in [5.74, 6) is 0.780. The van der Waals surface area contributed by atoms with Gasteiger partial charge in [0.1, 0.15) is 0 Å². The Balaban J connectivity index is 0. The van der Waals surface area contributed by atoms with Gasteiger partial charge in [0.2, 0.25) is 0 Å². The van der Waals surface area contributed by atoms with E-state index in [2.05, 4.69) is 39.5 Å². The molecular formula is C11H26ClN3. The van der Waals surface area contributed by atoms with Gasteiger partial charge < -0.3 is 17.3 Å². The van der Waals surface area contributed by atoms with Crippen molar-refractivity contribution < 1.29 is 16.9 Å². The Bertz CT molecular complexity index is 166. The molecule has 0 radical (unpaired) electrons. The molecule has 0 aliphatic heterocycles. The van der Waals surface area contributed by atoms with Crippen LogP contribution in [-0.2, 0) is 0 Å². The molecule has 0 saturated heterocycles. The highest BCUT2D eigenvalue weighted by Gasteiger charge is 2.30. The maximum atomic E-state index is 8.25. The molecule has 0 amide bonds. The fraction of sp³-hybridized carbons (Fsp3) is 0.909. The van der Waals surface area contributed by atoms with Gasteiger partial charge in [-0.2, -0.15) is 0 Å². The minimum Gasteiger partial charge on any atom is -1.00 e. The molecular weight excluding hydrogens is 210 g/mol. The lowest BCUT2D eigenvalue weighted by Crippen LogP contribution is -3.00. The highest BCUT2D eigenvalue weighted by atomic mass is 35.5. The van der Waals surface area contributed by atoms with Gasteiger partial charge in [-0.25, -0.2) is 5.41 Å². The zero-order valence-electron chi connectivity index (χ0n) is 10.8. The topological polar surface area (TPSA) is 27.1 Å². The van der Waals surface area contributed by atoms with Crippen molar-refractivity contribution in [3.8, 4) is 0 Å². The molecule has 0 aromatic heterocycles. The summed E-state index contributed by atoms with van der Waals surface area (Å²) in [7, 11) is 0. The van der Waals surface area contributed by atoms with E-state index >= 15 is 0 Å². The minimum absolute atomic E-state index is 0. The molecule has 0 unspecified atom stereocenters. The molecule has 0 aliphatic carbocycles. The van der Waals surface area contributed by atoms with Crippen molar-refractivity contribution in [3.05, 3.63) is 0 Å². The van der Waals surface area contributed by atoms with Gasteiger partial charge in [-0.05, 0) is 34.6 Å². The Morgan fingerprint density at radius 2 is 1.27 bits per heavy atom. The summed E-state index contributed by atoms with van der Waals surface area (Å²) in [6.07, 6.45) is 0.